The number of rotatable bonds is 6. The summed E-state index contributed by atoms with van der Waals surface area (Å²) in [4.78, 5) is 0.338. The van der Waals surface area contributed by atoms with E-state index >= 15 is 0 Å². The van der Waals surface area contributed by atoms with Gasteiger partial charge >= 0.3 is 0 Å². The third-order valence-corrected chi connectivity index (χ3v) is 4.52. The number of sulfone groups is 1. The van der Waals surface area contributed by atoms with Gasteiger partial charge in [-0.3, -0.25) is 4.68 Å². The van der Waals surface area contributed by atoms with Gasteiger partial charge in [-0.2, -0.15) is 5.10 Å². The third kappa shape index (κ3) is 3.71. The Morgan fingerprint density at radius 2 is 1.90 bits per heavy atom. The van der Waals surface area contributed by atoms with E-state index in [-0.39, 0.29) is 6.04 Å². The Labute approximate surface area is 125 Å². The van der Waals surface area contributed by atoms with E-state index in [1.165, 1.54) is 6.26 Å². The van der Waals surface area contributed by atoms with Gasteiger partial charge in [0.2, 0.25) is 0 Å². The molecule has 1 heterocycles. The Bertz CT molecular complexity index is 690. The molecule has 0 fully saturated rings. The van der Waals surface area contributed by atoms with Gasteiger partial charge < -0.3 is 5.32 Å². The lowest BCUT2D eigenvalue weighted by atomic mass is 10.0. The molecule has 0 radical (unpaired) electrons. The summed E-state index contributed by atoms with van der Waals surface area (Å²) in [5.41, 5.74) is 2.08. The maximum absolute atomic E-state index is 11.5. The molecule has 6 heteroatoms. The normalized spacial score (nSPS) is 13.3. The first-order valence-electron chi connectivity index (χ1n) is 6.94. The zero-order valence-electron chi connectivity index (χ0n) is 12.6. The average molecular weight is 307 g/mol. The number of hydrogen-bond donors (Lipinski definition) is 1. The van der Waals surface area contributed by atoms with Gasteiger partial charge in [0.05, 0.1) is 16.6 Å². The fourth-order valence-corrected chi connectivity index (χ4v) is 2.89. The van der Waals surface area contributed by atoms with Crippen molar-refractivity contribution in [1.82, 2.24) is 15.1 Å². The summed E-state index contributed by atoms with van der Waals surface area (Å²) in [5, 5.41) is 7.69. The molecule has 1 aromatic carbocycles. The zero-order valence-corrected chi connectivity index (χ0v) is 13.4. The predicted octanol–water partition coefficient (Wildman–Crippen LogP) is 1.91. The molecule has 1 N–H and O–H groups in total. The summed E-state index contributed by atoms with van der Waals surface area (Å²) in [6.07, 6.45) is 4.01. The first kappa shape index (κ1) is 15.7. The molecule has 0 spiro atoms. The number of hydrogen-bond acceptors (Lipinski definition) is 4. The molecule has 0 aliphatic rings. The van der Waals surface area contributed by atoms with E-state index < -0.39 is 9.84 Å². The maximum Gasteiger partial charge on any atom is 0.175 e. The minimum Gasteiger partial charge on any atom is -0.305 e. The standard InChI is InChI=1S/C15H21N3O2S/c1-4-10-16-15(14-9-11-17-18(14)2)12-5-7-13(8-6-12)21(3,19)20/h5-9,11,15-16H,4,10H2,1-3H3. The first-order valence-corrected chi connectivity index (χ1v) is 8.84. The monoisotopic (exact) mass is 307 g/mol. The van der Waals surface area contributed by atoms with Crippen LogP contribution in [0.1, 0.15) is 30.6 Å². The van der Waals surface area contributed by atoms with Crippen LogP contribution in [0, 0.1) is 0 Å². The molecule has 0 aliphatic heterocycles. The molecular formula is C15H21N3O2S. The van der Waals surface area contributed by atoms with Crippen LogP contribution in [0.3, 0.4) is 0 Å². The molecule has 2 aromatic rings. The Morgan fingerprint density at radius 1 is 1.24 bits per heavy atom. The smallest absolute Gasteiger partial charge is 0.175 e. The van der Waals surface area contributed by atoms with E-state index in [0.29, 0.717) is 4.90 Å². The molecule has 21 heavy (non-hydrogen) atoms. The van der Waals surface area contributed by atoms with Gasteiger partial charge in [-0.05, 0) is 36.7 Å². The summed E-state index contributed by atoms with van der Waals surface area (Å²) in [5.74, 6) is 0. The highest BCUT2D eigenvalue weighted by atomic mass is 32.2. The van der Waals surface area contributed by atoms with Gasteiger partial charge in [0, 0.05) is 19.5 Å². The minimum atomic E-state index is -3.16. The summed E-state index contributed by atoms with van der Waals surface area (Å²) in [6, 6.07) is 9.00. The van der Waals surface area contributed by atoms with Crippen molar-refractivity contribution in [3.63, 3.8) is 0 Å². The highest BCUT2D eigenvalue weighted by Crippen LogP contribution is 2.23. The summed E-state index contributed by atoms with van der Waals surface area (Å²) < 4.78 is 24.9. The van der Waals surface area contributed by atoms with Crippen LogP contribution in [0.4, 0.5) is 0 Å². The van der Waals surface area contributed by atoms with Crippen molar-refractivity contribution < 1.29 is 8.42 Å². The van der Waals surface area contributed by atoms with Crippen molar-refractivity contribution in [2.45, 2.75) is 24.3 Å². The second-order valence-corrected chi connectivity index (χ2v) is 7.12. The number of aryl methyl sites for hydroxylation is 1. The molecule has 1 unspecified atom stereocenters. The van der Waals surface area contributed by atoms with Crippen LogP contribution in [-0.2, 0) is 16.9 Å². The minimum absolute atomic E-state index is 0.00561. The second-order valence-electron chi connectivity index (χ2n) is 5.11. The van der Waals surface area contributed by atoms with Crippen LogP contribution in [0.25, 0.3) is 0 Å². The van der Waals surface area contributed by atoms with E-state index in [9.17, 15) is 8.42 Å². The van der Waals surface area contributed by atoms with Gasteiger partial charge in [-0.15, -0.1) is 0 Å². The van der Waals surface area contributed by atoms with Crippen molar-refractivity contribution in [1.29, 1.82) is 0 Å². The fourth-order valence-electron chi connectivity index (χ4n) is 2.26. The number of nitrogens with zero attached hydrogens (tertiary/aromatic N) is 2. The van der Waals surface area contributed by atoms with E-state index in [1.807, 2.05) is 29.9 Å². The van der Waals surface area contributed by atoms with Crippen LogP contribution in [-0.4, -0.2) is 31.0 Å². The molecule has 0 saturated heterocycles. The van der Waals surface area contributed by atoms with E-state index in [4.69, 9.17) is 0 Å². The molecular weight excluding hydrogens is 286 g/mol. The van der Waals surface area contributed by atoms with Crippen LogP contribution >= 0.6 is 0 Å². The van der Waals surface area contributed by atoms with Crippen LogP contribution in [0.2, 0.25) is 0 Å². The highest BCUT2D eigenvalue weighted by molar-refractivity contribution is 7.90. The first-order chi connectivity index (χ1) is 9.93. The quantitative estimate of drug-likeness (QED) is 0.885. The number of nitrogens with one attached hydrogen (secondary N) is 1. The van der Waals surface area contributed by atoms with Crippen molar-refractivity contribution in [3.05, 3.63) is 47.8 Å². The second kappa shape index (κ2) is 6.41. The van der Waals surface area contributed by atoms with E-state index in [1.54, 1.807) is 18.3 Å². The molecule has 0 bridgehead atoms. The van der Waals surface area contributed by atoms with Crippen molar-refractivity contribution in [3.8, 4) is 0 Å². The molecule has 0 aliphatic carbocycles. The number of benzene rings is 1. The van der Waals surface area contributed by atoms with Crippen molar-refractivity contribution in [2.24, 2.45) is 7.05 Å². The molecule has 114 valence electrons. The fraction of sp³-hybridized carbons (Fsp3) is 0.400. The molecule has 1 aromatic heterocycles. The zero-order chi connectivity index (χ0) is 15.5. The summed E-state index contributed by atoms with van der Waals surface area (Å²) >= 11 is 0. The van der Waals surface area contributed by atoms with Gasteiger partial charge in [0.15, 0.2) is 9.84 Å². The molecule has 0 saturated carbocycles. The molecule has 1 atom stereocenters. The Kier molecular flexibility index (Phi) is 4.80. The van der Waals surface area contributed by atoms with Crippen molar-refractivity contribution >= 4 is 9.84 Å². The third-order valence-electron chi connectivity index (χ3n) is 3.39. The molecule has 2 rings (SSSR count). The van der Waals surface area contributed by atoms with Gasteiger partial charge in [-0.1, -0.05) is 19.1 Å². The topological polar surface area (TPSA) is 64.0 Å². The molecule has 0 amide bonds. The molecule has 5 nitrogen and oxygen atoms in total. The Morgan fingerprint density at radius 3 is 2.38 bits per heavy atom. The van der Waals surface area contributed by atoms with Crippen LogP contribution < -0.4 is 5.32 Å². The summed E-state index contributed by atoms with van der Waals surface area (Å²) in [6.45, 7) is 2.99. The number of aromatic nitrogens is 2. The lowest BCUT2D eigenvalue weighted by molar-refractivity contribution is 0.553. The van der Waals surface area contributed by atoms with E-state index in [0.717, 1.165) is 24.2 Å². The average Bonchev–Trinajstić information content (AvgIpc) is 2.85. The maximum atomic E-state index is 11.5. The van der Waals surface area contributed by atoms with Gasteiger partial charge in [-0.25, -0.2) is 8.42 Å². The Balaban J connectivity index is 2.35. The van der Waals surface area contributed by atoms with E-state index in [2.05, 4.69) is 17.3 Å². The van der Waals surface area contributed by atoms with Gasteiger partial charge in [0.25, 0.3) is 0 Å². The lowest BCUT2D eigenvalue weighted by Crippen LogP contribution is -2.25. The summed E-state index contributed by atoms with van der Waals surface area (Å²) in [7, 11) is -1.26. The SMILES string of the molecule is CCCNC(c1ccc(S(C)(=O)=O)cc1)c1ccnn1C. The van der Waals surface area contributed by atoms with Crippen molar-refractivity contribution in [2.75, 3.05) is 12.8 Å². The van der Waals surface area contributed by atoms with Crippen LogP contribution in [0.15, 0.2) is 41.4 Å². The Hall–Kier alpha value is -1.66. The lowest BCUT2D eigenvalue weighted by Gasteiger charge is -2.19. The van der Waals surface area contributed by atoms with Crippen LogP contribution in [0.5, 0.6) is 0 Å². The predicted molar refractivity (Wildman–Crippen MR) is 82.9 cm³/mol. The largest absolute Gasteiger partial charge is 0.305 e. The highest BCUT2D eigenvalue weighted by Gasteiger charge is 2.17. The van der Waals surface area contributed by atoms with Gasteiger partial charge in [0.1, 0.15) is 0 Å².